The average molecular weight is 372 g/mol. The molecule has 0 spiro atoms. The molecule has 2 amide bonds. The minimum Gasteiger partial charge on any atom is -0.347 e. The normalized spacial score (nSPS) is 16.5. The third-order valence-corrected chi connectivity index (χ3v) is 5.10. The number of hydrogen-bond acceptors (Lipinski definition) is 3. The van der Waals surface area contributed by atoms with Gasteiger partial charge in [-0.05, 0) is 43.0 Å². The number of carbonyl (C=O) groups is 2. The van der Waals surface area contributed by atoms with Gasteiger partial charge >= 0.3 is 0 Å². The fourth-order valence-electron chi connectivity index (χ4n) is 3.12. The van der Waals surface area contributed by atoms with Crippen molar-refractivity contribution in [3.63, 3.8) is 0 Å². The highest BCUT2D eigenvalue weighted by Gasteiger charge is 2.32. The highest BCUT2D eigenvalue weighted by molar-refractivity contribution is 6.35. The number of hydrogen-bond donors (Lipinski definition) is 3. The molecule has 7 heteroatoms. The first kappa shape index (κ1) is 19.0. The molecule has 0 heterocycles. The maximum Gasteiger partial charge on any atom is 0.243 e. The Morgan fingerprint density at radius 1 is 1.12 bits per heavy atom. The third kappa shape index (κ3) is 5.36. The zero-order chi connectivity index (χ0) is 17.6. The van der Waals surface area contributed by atoms with Crippen molar-refractivity contribution in [3.05, 3.63) is 28.2 Å². The van der Waals surface area contributed by atoms with Gasteiger partial charge in [-0.15, -0.1) is 0 Å². The first-order valence-electron chi connectivity index (χ1n) is 8.16. The lowest BCUT2D eigenvalue weighted by molar-refractivity contribution is -0.126. The largest absolute Gasteiger partial charge is 0.347 e. The molecule has 1 aliphatic carbocycles. The summed E-state index contributed by atoms with van der Waals surface area (Å²) in [6.45, 7) is 0.396. The minimum absolute atomic E-state index is 0.109. The lowest BCUT2D eigenvalue weighted by atomic mass is 9.71. The predicted molar refractivity (Wildman–Crippen MR) is 97.3 cm³/mol. The molecular formula is C17H23Cl2N3O2. The summed E-state index contributed by atoms with van der Waals surface area (Å²) in [5.74, 6) is -0.493. The fraction of sp³-hybridized carbons (Fsp3) is 0.529. The Kier molecular flexibility index (Phi) is 6.90. The topological polar surface area (TPSA) is 84.2 Å². The molecule has 4 N–H and O–H groups in total. The maximum atomic E-state index is 12.2. The van der Waals surface area contributed by atoms with Crippen molar-refractivity contribution in [1.29, 1.82) is 0 Å². The van der Waals surface area contributed by atoms with Crippen LogP contribution in [0, 0.1) is 5.41 Å². The van der Waals surface area contributed by atoms with E-state index in [0.717, 1.165) is 25.7 Å². The molecule has 0 radical (unpaired) electrons. The van der Waals surface area contributed by atoms with Crippen molar-refractivity contribution in [2.45, 2.75) is 38.5 Å². The van der Waals surface area contributed by atoms with Gasteiger partial charge in [0.05, 0.1) is 17.3 Å². The Labute approximate surface area is 152 Å². The van der Waals surface area contributed by atoms with Crippen LogP contribution in [0.5, 0.6) is 0 Å². The third-order valence-electron chi connectivity index (χ3n) is 4.53. The molecule has 0 aliphatic heterocycles. The quantitative estimate of drug-likeness (QED) is 0.716. The molecule has 1 saturated carbocycles. The second kappa shape index (κ2) is 8.70. The van der Waals surface area contributed by atoms with Gasteiger partial charge in [-0.1, -0.05) is 42.5 Å². The summed E-state index contributed by atoms with van der Waals surface area (Å²) >= 11 is 11.9. The Balaban J connectivity index is 1.82. The van der Waals surface area contributed by atoms with Crippen LogP contribution in [0.3, 0.4) is 0 Å². The molecule has 0 unspecified atom stereocenters. The molecule has 1 aromatic carbocycles. The van der Waals surface area contributed by atoms with Crippen LogP contribution in [0.25, 0.3) is 0 Å². The van der Waals surface area contributed by atoms with Gasteiger partial charge in [0.1, 0.15) is 0 Å². The van der Waals surface area contributed by atoms with Crippen LogP contribution in [0.15, 0.2) is 18.2 Å². The molecule has 0 saturated heterocycles. The van der Waals surface area contributed by atoms with Gasteiger partial charge in [0.15, 0.2) is 0 Å². The summed E-state index contributed by atoms with van der Waals surface area (Å²) in [7, 11) is 0. The SMILES string of the molecule is NCC1(CC(=O)NCC(=O)Nc2cc(Cl)ccc2Cl)CCCCC1. The molecule has 0 bridgehead atoms. The van der Waals surface area contributed by atoms with Crippen molar-refractivity contribution < 1.29 is 9.59 Å². The van der Waals surface area contributed by atoms with Gasteiger partial charge in [-0.2, -0.15) is 0 Å². The molecule has 5 nitrogen and oxygen atoms in total. The smallest absolute Gasteiger partial charge is 0.243 e. The Morgan fingerprint density at radius 3 is 2.50 bits per heavy atom. The van der Waals surface area contributed by atoms with Crippen molar-refractivity contribution in [2.75, 3.05) is 18.4 Å². The second-order valence-electron chi connectivity index (χ2n) is 6.39. The van der Waals surface area contributed by atoms with E-state index in [-0.39, 0.29) is 23.8 Å². The van der Waals surface area contributed by atoms with Gasteiger partial charge in [-0.3, -0.25) is 9.59 Å². The zero-order valence-corrected chi connectivity index (χ0v) is 15.1. The van der Waals surface area contributed by atoms with Gasteiger partial charge in [0.2, 0.25) is 11.8 Å². The van der Waals surface area contributed by atoms with E-state index in [1.54, 1.807) is 18.2 Å². The second-order valence-corrected chi connectivity index (χ2v) is 7.23. The van der Waals surface area contributed by atoms with Crippen LogP contribution in [0.4, 0.5) is 5.69 Å². The standard InChI is InChI=1S/C17H23Cl2N3O2/c18-12-4-5-13(19)14(8-12)22-16(24)10-21-15(23)9-17(11-20)6-2-1-3-7-17/h4-5,8H,1-3,6-7,9-11,20H2,(H,21,23)(H,22,24). The lowest BCUT2D eigenvalue weighted by Crippen LogP contribution is -2.40. The van der Waals surface area contributed by atoms with Crippen LogP contribution < -0.4 is 16.4 Å². The highest BCUT2D eigenvalue weighted by Crippen LogP contribution is 2.38. The van der Waals surface area contributed by atoms with E-state index in [1.165, 1.54) is 6.42 Å². The minimum atomic E-state index is -0.349. The van der Waals surface area contributed by atoms with Gasteiger partial charge in [0.25, 0.3) is 0 Å². The Hall–Kier alpha value is -1.30. The average Bonchev–Trinajstić information content (AvgIpc) is 2.57. The molecule has 1 aliphatic rings. The van der Waals surface area contributed by atoms with Crippen molar-refractivity contribution >= 4 is 40.7 Å². The number of carbonyl (C=O) groups excluding carboxylic acids is 2. The first-order chi connectivity index (χ1) is 11.4. The fourth-order valence-corrected chi connectivity index (χ4v) is 3.46. The number of rotatable bonds is 6. The van der Waals surface area contributed by atoms with Crippen molar-refractivity contribution in [2.24, 2.45) is 11.1 Å². The predicted octanol–water partition coefficient (Wildman–Crippen LogP) is 3.35. The number of amides is 2. The van der Waals surface area contributed by atoms with E-state index in [0.29, 0.717) is 28.7 Å². The molecule has 2 rings (SSSR count). The summed E-state index contributed by atoms with van der Waals surface area (Å²) < 4.78 is 0. The van der Waals surface area contributed by atoms with Crippen LogP contribution in [-0.4, -0.2) is 24.9 Å². The van der Waals surface area contributed by atoms with Gasteiger partial charge in [-0.25, -0.2) is 0 Å². The summed E-state index contributed by atoms with van der Waals surface area (Å²) in [6, 6.07) is 4.80. The van der Waals surface area contributed by atoms with E-state index in [2.05, 4.69) is 10.6 Å². The van der Waals surface area contributed by atoms with E-state index in [4.69, 9.17) is 28.9 Å². The molecule has 132 valence electrons. The molecule has 1 fully saturated rings. The summed E-state index contributed by atoms with van der Waals surface area (Å²) in [6.07, 6.45) is 5.74. The van der Waals surface area contributed by atoms with Crippen LogP contribution in [0.2, 0.25) is 10.0 Å². The van der Waals surface area contributed by atoms with E-state index in [1.807, 2.05) is 0 Å². The van der Waals surface area contributed by atoms with Crippen molar-refractivity contribution in [3.8, 4) is 0 Å². The van der Waals surface area contributed by atoms with Crippen LogP contribution in [-0.2, 0) is 9.59 Å². The number of nitrogens with two attached hydrogens (primary N) is 1. The number of benzene rings is 1. The summed E-state index contributed by atoms with van der Waals surface area (Å²) in [5, 5.41) is 6.16. The van der Waals surface area contributed by atoms with Crippen LogP contribution >= 0.6 is 23.2 Å². The highest BCUT2D eigenvalue weighted by atomic mass is 35.5. The number of nitrogens with one attached hydrogen (secondary N) is 2. The lowest BCUT2D eigenvalue weighted by Gasteiger charge is -2.35. The maximum absolute atomic E-state index is 12.2. The molecule has 1 aromatic rings. The van der Waals surface area contributed by atoms with E-state index in [9.17, 15) is 9.59 Å². The van der Waals surface area contributed by atoms with E-state index < -0.39 is 0 Å². The number of anilines is 1. The monoisotopic (exact) mass is 371 g/mol. The summed E-state index contributed by atoms with van der Waals surface area (Å²) in [4.78, 5) is 24.1. The van der Waals surface area contributed by atoms with Gasteiger partial charge < -0.3 is 16.4 Å². The Morgan fingerprint density at radius 2 is 1.83 bits per heavy atom. The molecule has 0 atom stereocenters. The summed E-state index contributed by atoms with van der Waals surface area (Å²) in [5.41, 5.74) is 6.20. The number of halogens is 2. The molecular weight excluding hydrogens is 349 g/mol. The first-order valence-corrected chi connectivity index (χ1v) is 8.91. The zero-order valence-electron chi connectivity index (χ0n) is 13.5. The molecule has 0 aromatic heterocycles. The van der Waals surface area contributed by atoms with Crippen LogP contribution in [0.1, 0.15) is 38.5 Å². The van der Waals surface area contributed by atoms with E-state index >= 15 is 0 Å². The van der Waals surface area contributed by atoms with Crippen molar-refractivity contribution in [1.82, 2.24) is 5.32 Å². The van der Waals surface area contributed by atoms with Gasteiger partial charge in [0, 0.05) is 11.4 Å². The molecule has 24 heavy (non-hydrogen) atoms. The Bertz CT molecular complexity index is 601.